The summed E-state index contributed by atoms with van der Waals surface area (Å²) in [6, 6.07) is 2.13. The molecule has 1 aromatic carbocycles. The third-order valence-electron chi connectivity index (χ3n) is 3.48. The van der Waals surface area contributed by atoms with Crippen LogP contribution in [-0.2, 0) is 10.0 Å². The number of hydrogen-bond donors (Lipinski definition) is 1. The average molecular weight is 344 g/mol. The van der Waals surface area contributed by atoms with Crippen LogP contribution in [0.15, 0.2) is 28.5 Å². The van der Waals surface area contributed by atoms with Crippen molar-refractivity contribution < 1.29 is 17.2 Å². The lowest BCUT2D eigenvalue weighted by Crippen LogP contribution is -2.30. The summed E-state index contributed by atoms with van der Waals surface area (Å²) in [4.78, 5) is 4.05. The molecular weight excluding hydrogens is 330 g/mol. The van der Waals surface area contributed by atoms with Crippen LogP contribution < -0.4 is 4.72 Å². The van der Waals surface area contributed by atoms with Crippen LogP contribution in [0.2, 0.25) is 0 Å². The quantitative estimate of drug-likeness (QED) is 0.906. The number of aryl methyl sites for hydroxylation is 1. The third kappa shape index (κ3) is 3.18. The summed E-state index contributed by atoms with van der Waals surface area (Å²) in [6.07, 6.45) is 1.84. The zero-order chi connectivity index (χ0) is 15.9. The van der Waals surface area contributed by atoms with Crippen molar-refractivity contribution in [3.8, 4) is 0 Å². The molecule has 0 bridgehead atoms. The fourth-order valence-electron chi connectivity index (χ4n) is 2.17. The summed E-state index contributed by atoms with van der Waals surface area (Å²) in [5.41, 5.74) is 0.831. The Morgan fingerprint density at radius 1 is 1.32 bits per heavy atom. The number of thiazole rings is 1. The van der Waals surface area contributed by atoms with E-state index in [1.54, 1.807) is 0 Å². The van der Waals surface area contributed by atoms with Crippen molar-refractivity contribution in [3.05, 3.63) is 45.9 Å². The average Bonchev–Trinajstić information content (AvgIpc) is 3.21. The SMILES string of the molecule is Cc1csc(C(NS(=O)(=O)c2ccc(F)c(F)c2)C2CC2)n1. The van der Waals surface area contributed by atoms with Gasteiger partial charge in [-0.05, 0) is 43.9 Å². The lowest BCUT2D eigenvalue weighted by Gasteiger charge is -2.16. The van der Waals surface area contributed by atoms with E-state index in [0.717, 1.165) is 30.7 Å². The number of benzene rings is 1. The first-order valence-corrected chi connectivity index (χ1v) is 9.12. The maximum absolute atomic E-state index is 13.3. The topological polar surface area (TPSA) is 59.1 Å². The number of nitrogens with one attached hydrogen (secondary N) is 1. The van der Waals surface area contributed by atoms with Crippen molar-refractivity contribution in [1.82, 2.24) is 9.71 Å². The second-order valence-electron chi connectivity index (χ2n) is 5.34. The van der Waals surface area contributed by atoms with Crippen LogP contribution >= 0.6 is 11.3 Å². The number of rotatable bonds is 5. The fraction of sp³-hybridized carbons (Fsp3) is 0.357. The molecule has 1 fully saturated rings. The van der Waals surface area contributed by atoms with Gasteiger partial charge in [0.2, 0.25) is 10.0 Å². The van der Waals surface area contributed by atoms with Crippen LogP contribution in [-0.4, -0.2) is 13.4 Å². The molecule has 4 nitrogen and oxygen atoms in total. The molecule has 0 saturated heterocycles. The molecule has 0 amide bonds. The highest BCUT2D eigenvalue weighted by molar-refractivity contribution is 7.89. The van der Waals surface area contributed by atoms with Gasteiger partial charge in [-0.2, -0.15) is 0 Å². The van der Waals surface area contributed by atoms with E-state index in [9.17, 15) is 17.2 Å². The third-order valence-corrected chi connectivity index (χ3v) is 5.96. The van der Waals surface area contributed by atoms with E-state index in [1.807, 2.05) is 12.3 Å². The predicted molar refractivity (Wildman–Crippen MR) is 79.0 cm³/mol. The molecule has 0 aliphatic heterocycles. The van der Waals surface area contributed by atoms with Gasteiger partial charge in [0.1, 0.15) is 5.01 Å². The molecule has 8 heteroatoms. The van der Waals surface area contributed by atoms with E-state index >= 15 is 0 Å². The summed E-state index contributed by atoms with van der Waals surface area (Å²) in [6.45, 7) is 1.84. The number of nitrogens with zero attached hydrogens (tertiary/aromatic N) is 1. The van der Waals surface area contributed by atoms with Gasteiger partial charge in [-0.3, -0.25) is 0 Å². The Morgan fingerprint density at radius 2 is 2.05 bits per heavy atom. The van der Waals surface area contributed by atoms with Gasteiger partial charge in [0.15, 0.2) is 11.6 Å². The van der Waals surface area contributed by atoms with Gasteiger partial charge >= 0.3 is 0 Å². The number of halogens is 2. The molecule has 1 atom stereocenters. The van der Waals surface area contributed by atoms with Gasteiger partial charge in [-0.15, -0.1) is 11.3 Å². The Kier molecular flexibility index (Phi) is 4.00. The summed E-state index contributed by atoms with van der Waals surface area (Å²) >= 11 is 1.40. The molecule has 22 heavy (non-hydrogen) atoms. The summed E-state index contributed by atoms with van der Waals surface area (Å²) in [7, 11) is -3.93. The van der Waals surface area contributed by atoms with Crippen LogP contribution in [0.25, 0.3) is 0 Å². The largest absolute Gasteiger partial charge is 0.245 e. The highest BCUT2D eigenvalue weighted by atomic mass is 32.2. The monoisotopic (exact) mass is 344 g/mol. The standard InChI is InChI=1S/C14H14F2N2O2S2/c1-8-7-21-14(17-8)13(9-2-3-9)18-22(19,20)10-4-5-11(15)12(16)6-10/h4-7,9,13,18H,2-3H2,1H3. The van der Waals surface area contributed by atoms with Crippen LogP contribution in [0.5, 0.6) is 0 Å². The molecule has 118 valence electrons. The van der Waals surface area contributed by atoms with Crippen LogP contribution in [0.4, 0.5) is 8.78 Å². The number of aromatic nitrogens is 1. The molecule has 3 rings (SSSR count). The molecule has 1 aliphatic carbocycles. The Bertz CT molecular complexity index is 801. The van der Waals surface area contributed by atoms with Crippen molar-refractivity contribution in [1.29, 1.82) is 0 Å². The molecule has 0 spiro atoms. The van der Waals surface area contributed by atoms with Gasteiger partial charge in [0, 0.05) is 11.1 Å². The minimum atomic E-state index is -3.93. The minimum Gasteiger partial charge on any atom is -0.245 e. The zero-order valence-electron chi connectivity index (χ0n) is 11.7. The second-order valence-corrected chi connectivity index (χ2v) is 7.94. The highest BCUT2D eigenvalue weighted by Crippen LogP contribution is 2.42. The van der Waals surface area contributed by atoms with Gasteiger partial charge in [0.05, 0.1) is 10.9 Å². The summed E-state index contributed by atoms with van der Waals surface area (Å²) in [5.74, 6) is -2.06. The Labute approximate surface area is 131 Å². The molecule has 1 heterocycles. The van der Waals surface area contributed by atoms with Gasteiger partial charge in [-0.1, -0.05) is 0 Å². The van der Waals surface area contributed by atoms with E-state index < -0.39 is 27.7 Å². The van der Waals surface area contributed by atoms with Gasteiger partial charge in [0.25, 0.3) is 0 Å². The maximum atomic E-state index is 13.3. The second kappa shape index (κ2) is 5.68. The van der Waals surface area contributed by atoms with Crippen molar-refractivity contribution in [2.75, 3.05) is 0 Å². The van der Waals surface area contributed by atoms with Gasteiger partial charge in [-0.25, -0.2) is 26.9 Å². The van der Waals surface area contributed by atoms with E-state index in [-0.39, 0.29) is 10.8 Å². The lowest BCUT2D eigenvalue weighted by molar-refractivity contribution is 0.501. The minimum absolute atomic E-state index is 0.200. The van der Waals surface area contributed by atoms with E-state index in [4.69, 9.17) is 0 Å². The van der Waals surface area contributed by atoms with Crippen LogP contribution in [0.3, 0.4) is 0 Å². The zero-order valence-corrected chi connectivity index (χ0v) is 13.3. The fourth-order valence-corrected chi connectivity index (χ4v) is 4.47. The predicted octanol–water partition coefficient (Wildman–Crippen LogP) is 3.16. The van der Waals surface area contributed by atoms with Crippen molar-refractivity contribution in [2.24, 2.45) is 5.92 Å². The van der Waals surface area contributed by atoms with E-state index in [2.05, 4.69) is 9.71 Å². The molecule has 1 saturated carbocycles. The first kappa shape index (κ1) is 15.5. The Balaban J connectivity index is 1.89. The van der Waals surface area contributed by atoms with Crippen LogP contribution in [0, 0.1) is 24.5 Å². The normalized spacial score (nSPS) is 16.7. The Morgan fingerprint density at radius 3 is 2.59 bits per heavy atom. The summed E-state index contributed by atoms with van der Waals surface area (Å²) in [5, 5.41) is 2.56. The number of hydrogen-bond acceptors (Lipinski definition) is 4. The first-order valence-electron chi connectivity index (χ1n) is 6.76. The Hall–Kier alpha value is -1.38. The van der Waals surface area contributed by atoms with Crippen molar-refractivity contribution >= 4 is 21.4 Å². The number of sulfonamides is 1. The molecule has 1 N–H and O–H groups in total. The van der Waals surface area contributed by atoms with Crippen LogP contribution in [0.1, 0.15) is 29.6 Å². The molecular formula is C14H14F2N2O2S2. The highest BCUT2D eigenvalue weighted by Gasteiger charge is 2.37. The molecule has 1 aliphatic rings. The molecule has 0 radical (unpaired) electrons. The maximum Gasteiger partial charge on any atom is 0.241 e. The van der Waals surface area contributed by atoms with E-state index in [0.29, 0.717) is 11.1 Å². The van der Waals surface area contributed by atoms with Crippen molar-refractivity contribution in [3.63, 3.8) is 0 Å². The smallest absolute Gasteiger partial charge is 0.241 e. The molecule has 1 aromatic heterocycles. The molecule has 2 aromatic rings. The first-order chi connectivity index (χ1) is 10.4. The van der Waals surface area contributed by atoms with Gasteiger partial charge < -0.3 is 0 Å². The summed E-state index contributed by atoms with van der Waals surface area (Å²) < 4.78 is 53.6. The van der Waals surface area contributed by atoms with Crippen molar-refractivity contribution in [2.45, 2.75) is 30.7 Å². The lowest BCUT2D eigenvalue weighted by atomic mass is 10.2. The van der Waals surface area contributed by atoms with E-state index in [1.165, 1.54) is 11.3 Å². The molecule has 1 unspecified atom stereocenters.